The maximum atomic E-state index is 13.6. The van der Waals surface area contributed by atoms with Crippen LogP contribution in [0.5, 0.6) is 11.5 Å². The SMILES string of the molecule is CCC(C)N(CC(=O)N(CCc1ccc(OC)c(OC)c1)Cc1cccs1)C(=O)Nc1cccc(C#N)c1. The lowest BCUT2D eigenvalue weighted by Crippen LogP contribution is -2.48. The Balaban J connectivity index is 1.76. The van der Waals surface area contributed by atoms with E-state index < -0.39 is 0 Å². The molecule has 1 heterocycles. The number of thiophene rings is 1. The van der Waals surface area contributed by atoms with Gasteiger partial charge in [0.15, 0.2) is 11.5 Å². The Kier molecular flexibility index (Phi) is 10.6. The number of ether oxygens (including phenoxy) is 2. The van der Waals surface area contributed by atoms with Crippen molar-refractivity contribution in [2.45, 2.75) is 39.3 Å². The molecule has 9 heteroatoms. The summed E-state index contributed by atoms with van der Waals surface area (Å²) in [7, 11) is 3.19. The fraction of sp³-hybridized carbons (Fsp3) is 0.345. The van der Waals surface area contributed by atoms with E-state index in [0.717, 1.165) is 10.4 Å². The molecule has 0 saturated heterocycles. The van der Waals surface area contributed by atoms with Crippen LogP contribution in [0, 0.1) is 11.3 Å². The van der Waals surface area contributed by atoms with Gasteiger partial charge in [-0.2, -0.15) is 5.26 Å². The number of anilines is 1. The largest absolute Gasteiger partial charge is 0.493 e. The van der Waals surface area contributed by atoms with Crippen LogP contribution in [0.4, 0.5) is 10.5 Å². The Morgan fingerprint density at radius 1 is 1.08 bits per heavy atom. The molecule has 1 aromatic heterocycles. The Bertz CT molecular complexity index is 1260. The third kappa shape index (κ3) is 7.73. The van der Waals surface area contributed by atoms with Gasteiger partial charge in [0, 0.05) is 23.2 Å². The zero-order chi connectivity index (χ0) is 27.5. The molecule has 3 amide bonds. The van der Waals surface area contributed by atoms with Crippen LogP contribution in [0.15, 0.2) is 60.0 Å². The number of carbonyl (C=O) groups is 2. The van der Waals surface area contributed by atoms with Gasteiger partial charge in [-0.1, -0.05) is 25.1 Å². The van der Waals surface area contributed by atoms with Crippen LogP contribution in [0.2, 0.25) is 0 Å². The van der Waals surface area contributed by atoms with Crippen LogP contribution in [-0.2, 0) is 17.8 Å². The highest BCUT2D eigenvalue weighted by Gasteiger charge is 2.25. The smallest absolute Gasteiger partial charge is 0.322 e. The van der Waals surface area contributed by atoms with Crippen molar-refractivity contribution in [3.63, 3.8) is 0 Å². The van der Waals surface area contributed by atoms with Crippen molar-refractivity contribution >= 4 is 29.0 Å². The van der Waals surface area contributed by atoms with Crippen LogP contribution >= 0.6 is 11.3 Å². The zero-order valence-electron chi connectivity index (χ0n) is 22.3. The van der Waals surface area contributed by atoms with E-state index in [-0.39, 0.29) is 24.5 Å². The lowest BCUT2D eigenvalue weighted by atomic mass is 10.1. The summed E-state index contributed by atoms with van der Waals surface area (Å²) in [5.74, 6) is 1.15. The van der Waals surface area contributed by atoms with Crippen LogP contribution in [0.3, 0.4) is 0 Å². The summed E-state index contributed by atoms with van der Waals surface area (Å²) < 4.78 is 10.8. The first kappa shape index (κ1) is 28.5. The first-order valence-corrected chi connectivity index (χ1v) is 13.3. The molecular weight excluding hydrogens is 500 g/mol. The number of urea groups is 1. The number of hydrogen-bond acceptors (Lipinski definition) is 6. The molecule has 1 N–H and O–H groups in total. The lowest BCUT2D eigenvalue weighted by molar-refractivity contribution is -0.132. The fourth-order valence-electron chi connectivity index (χ4n) is 3.94. The second kappa shape index (κ2) is 14.1. The second-order valence-corrected chi connectivity index (χ2v) is 9.87. The van der Waals surface area contributed by atoms with Gasteiger partial charge in [0.05, 0.1) is 32.4 Å². The quantitative estimate of drug-likeness (QED) is 0.329. The third-order valence-corrected chi connectivity index (χ3v) is 7.19. The monoisotopic (exact) mass is 534 g/mol. The molecule has 0 aliphatic rings. The Labute approximate surface area is 228 Å². The number of rotatable bonds is 12. The van der Waals surface area contributed by atoms with Crippen LogP contribution in [0.1, 0.15) is 36.3 Å². The summed E-state index contributed by atoms with van der Waals surface area (Å²) in [5.41, 5.74) is 1.98. The minimum atomic E-state index is -0.376. The van der Waals surface area contributed by atoms with Gasteiger partial charge in [-0.25, -0.2) is 4.79 Å². The summed E-state index contributed by atoms with van der Waals surface area (Å²) in [6.07, 6.45) is 1.31. The molecule has 1 atom stereocenters. The first-order chi connectivity index (χ1) is 18.4. The van der Waals surface area contributed by atoms with Gasteiger partial charge in [-0.15, -0.1) is 11.3 Å². The minimum Gasteiger partial charge on any atom is -0.493 e. The number of nitrogens with zero attached hydrogens (tertiary/aromatic N) is 3. The van der Waals surface area contributed by atoms with Gasteiger partial charge in [-0.3, -0.25) is 4.79 Å². The Hall–Kier alpha value is -4.03. The van der Waals surface area contributed by atoms with E-state index in [1.807, 2.05) is 49.6 Å². The lowest BCUT2D eigenvalue weighted by Gasteiger charge is -2.31. The van der Waals surface area contributed by atoms with E-state index >= 15 is 0 Å². The molecule has 38 heavy (non-hydrogen) atoms. The van der Waals surface area contributed by atoms with Gasteiger partial charge in [0.2, 0.25) is 5.91 Å². The van der Waals surface area contributed by atoms with Gasteiger partial charge >= 0.3 is 6.03 Å². The van der Waals surface area contributed by atoms with Crippen molar-refractivity contribution in [1.29, 1.82) is 5.26 Å². The van der Waals surface area contributed by atoms with Crippen molar-refractivity contribution in [2.24, 2.45) is 0 Å². The molecular formula is C29H34N4O4S. The zero-order valence-corrected chi connectivity index (χ0v) is 23.1. The molecule has 2 aromatic carbocycles. The molecule has 3 aromatic rings. The van der Waals surface area contributed by atoms with Gasteiger partial charge in [0.25, 0.3) is 0 Å². The predicted octanol–water partition coefficient (Wildman–Crippen LogP) is 5.54. The van der Waals surface area contributed by atoms with Crippen LogP contribution < -0.4 is 14.8 Å². The number of hydrogen-bond donors (Lipinski definition) is 1. The predicted molar refractivity (Wildman–Crippen MR) is 150 cm³/mol. The molecule has 0 fully saturated rings. The molecule has 0 aliphatic heterocycles. The van der Waals surface area contributed by atoms with Crippen molar-refractivity contribution in [2.75, 3.05) is 32.6 Å². The average Bonchev–Trinajstić information content (AvgIpc) is 3.46. The summed E-state index contributed by atoms with van der Waals surface area (Å²) >= 11 is 1.59. The highest BCUT2D eigenvalue weighted by molar-refractivity contribution is 7.09. The third-order valence-electron chi connectivity index (χ3n) is 6.33. The van der Waals surface area contributed by atoms with Gasteiger partial charge < -0.3 is 24.6 Å². The number of benzene rings is 2. The van der Waals surface area contributed by atoms with E-state index in [0.29, 0.717) is 48.7 Å². The van der Waals surface area contributed by atoms with Crippen molar-refractivity contribution in [3.05, 3.63) is 76.0 Å². The fourth-order valence-corrected chi connectivity index (χ4v) is 4.66. The Morgan fingerprint density at radius 3 is 2.53 bits per heavy atom. The molecule has 3 rings (SSSR count). The molecule has 0 bridgehead atoms. The molecule has 0 aliphatic carbocycles. The van der Waals surface area contributed by atoms with E-state index in [1.54, 1.807) is 59.6 Å². The van der Waals surface area contributed by atoms with Crippen LogP contribution in [-0.4, -0.2) is 55.1 Å². The maximum absolute atomic E-state index is 13.6. The number of amides is 3. The molecule has 0 saturated carbocycles. The summed E-state index contributed by atoms with van der Waals surface area (Å²) in [6.45, 7) is 4.78. The highest BCUT2D eigenvalue weighted by atomic mass is 32.1. The molecule has 200 valence electrons. The highest BCUT2D eigenvalue weighted by Crippen LogP contribution is 2.28. The van der Waals surface area contributed by atoms with E-state index in [1.165, 1.54) is 0 Å². The summed E-state index contributed by atoms with van der Waals surface area (Å²) in [5, 5.41) is 14.0. The van der Waals surface area contributed by atoms with Gasteiger partial charge in [0.1, 0.15) is 6.54 Å². The number of methoxy groups -OCH3 is 2. The minimum absolute atomic E-state index is 0.0594. The molecule has 1 unspecified atom stereocenters. The van der Waals surface area contributed by atoms with Crippen molar-refractivity contribution < 1.29 is 19.1 Å². The Morgan fingerprint density at radius 2 is 1.87 bits per heavy atom. The number of carbonyl (C=O) groups excluding carboxylic acids is 2. The standard InChI is InChI=1S/C29H34N4O4S/c1-5-21(2)33(29(35)31-24-9-6-8-23(16-24)18-30)20-28(34)32(19-25-10-7-15-38-25)14-13-22-11-12-26(36-3)27(17-22)37-4/h6-12,15-17,21H,5,13-14,19-20H2,1-4H3,(H,31,35). The van der Waals surface area contributed by atoms with E-state index in [4.69, 9.17) is 14.7 Å². The van der Waals surface area contributed by atoms with Gasteiger partial charge in [-0.05, 0) is 67.1 Å². The molecule has 8 nitrogen and oxygen atoms in total. The van der Waals surface area contributed by atoms with Crippen molar-refractivity contribution in [1.82, 2.24) is 9.80 Å². The normalized spacial score (nSPS) is 11.2. The first-order valence-electron chi connectivity index (χ1n) is 12.5. The summed E-state index contributed by atoms with van der Waals surface area (Å²) in [4.78, 5) is 31.3. The molecule has 0 radical (unpaired) electrons. The summed E-state index contributed by atoms with van der Waals surface area (Å²) in [6, 6.07) is 18.0. The van der Waals surface area contributed by atoms with Crippen molar-refractivity contribution in [3.8, 4) is 17.6 Å². The van der Waals surface area contributed by atoms with E-state index in [2.05, 4.69) is 11.4 Å². The average molecular weight is 535 g/mol. The van der Waals surface area contributed by atoms with E-state index in [9.17, 15) is 9.59 Å². The topological polar surface area (TPSA) is 94.9 Å². The number of nitriles is 1. The number of nitrogens with one attached hydrogen (secondary N) is 1. The maximum Gasteiger partial charge on any atom is 0.322 e. The molecule has 0 spiro atoms. The second-order valence-electron chi connectivity index (χ2n) is 8.84. The van der Waals surface area contributed by atoms with Crippen LogP contribution in [0.25, 0.3) is 0 Å².